The fraction of sp³-hybridized carbons (Fsp3) is 0.386. The Balaban J connectivity index is 0.745. The lowest BCUT2D eigenvalue weighted by molar-refractivity contribution is -0.120. The van der Waals surface area contributed by atoms with Gasteiger partial charge in [0.25, 0.3) is 11.8 Å². The number of pyridine rings is 1. The number of alkyl halides is 1. The Hall–Kier alpha value is -6.13. The van der Waals surface area contributed by atoms with Crippen LogP contribution in [0.4, 0.5) is 32.1 Å². The Bertz CT molecular complexity index is 2570. The van der Waals surface area contributed by atoms with Gasteiger partial charge in [-0.15, -0.1) is 5.10 Å². The molecular weight excluding hydrogens is 801 g/mol. The summed E-state index contributed by atoms with van der Waals surface area (Å²) in [5.41, 5.74) is 7.77. The van der Waals surface area contributed by atoms with Crippen molar-refractivity contribution in [1.82, 2.24) is 40.0 Å². The van der Waals surface area contributed by atoms with E-state index in [0.717, 1.165) is 67.1 Å². The predicted octanol–water partition coefficient (Wildman–Crippen LogP) is 5.45. The Kier molecular flexibility index (Phi) is 10.1. The maximum atomic E-state index is 13.6. The van der Waals surface area contributed by atoms with Crippen LogP contribution in [0.2, 0.25) is 5.02 Å². The second-order valence-electron chi connectivity index (χ2n) is 16.6. The van der Waals surface area contributed by atoms with Crippen LogP contribution < -0.4 is 25.8 Å². The molecule has 1 saturated carbocycles. The van der Waals surface area contributed by atoms with Gasteiger partial charge < -0.3 is 20.4 Å². The molecule has 0 radical (unpaired) electrons. The molecule has 5 aromatic rings. The molecule has 0 spiro atoms. The molecule has 1 aliphatic carbocycles. The highest BCUT2D eigenvalue weighted by atomic mass is 35.5. The molecule has 17 heteroatoms. The minimum Gasteiger partial charge on any atom is -0.385 e. The molecule has 15 nitrogen and oxygen atoms in total. The van der Waals surface area contributed by atoms with E-state index < -0.39 is 24.2 Å². The number of piperidine rings is 1. The fourth-order valence-electron chi connectivity index (χ4n) is 9.27. The Labute approximate surface area is 356 Å². The maximum Gasteiger partial charge on any atom is 0.328 e. The minimum absolute atomic E-state index is 0.0778. The lowest BCUT2D eigenvalue weighted by Gasteiger charge is -2.46. The number of carbonyl (C=O) groups is 4. The number of aromatic nitrogens is 4. The van der Waals surface area contributed by atoms with E-state index >= 15 is 0 Å². The summed E-state index contributed by atoms with van der Waals surface area (Å²) in [4.78, 5) is 67.9. The summed E-state index contributed by atoms with van der Waals surface area (Å²) in [6.07, 6.45) is 5.64. The van der Waals surface area contributed by atoms with E-state index in [9.17, 15) is 23.6 Å². The van der Waals surface area contributed by atoms with E-state index in [1.54, 1.807) is 25.2 Å². The number of fused-ring (bicyclic) bond motifs is 2. The SMILES string of the molecule is CNc1cc(N2CCc3c(-c4ccc(CN5CC(C6CCN(C(=O)c7ccc(Cl)c(N8CCC(=O)NC8=O)c7)CC6)C5)cn4)cccc32)nn2c(C(=O)N[C@@H]3C[C@@H]3F)cnc12. The third-order valence-electron chi connectivity index (χ3n) is 12.8. The summed E-state index contributed by atoms with van der Waals surface area (Å²) in [5.74, 6) is 1.01. The van der Waals surface area contributed by atoms with Gasteiger partial charge in [0.15, 0.2) is 17.2 Å². The van der Waals surface area contributed by atoms with Crippen LogP contribution in [0.15, 0.2) is 67.0 Å². The quantitative estimate of drug-likeness (QED) is 0.165. The number of nitrogens with one attached hydrogen (secondary N) is 3. The van der Waals surface area contributed by atoms with Gasteiger partial charge in [-0.05, 0) is 72.6 Å². The first-order valence-corrected chi connectivity index (χ1v) is 21.3. The van der Waals surface area contributed by atoms with Crippen LogP contribution in [-0.4, -0.2) is 112 Å². The number of urea groups is 1. The molecule has 5 amide bonds. The van der Waals surface area contributed by atoms with Crippen molar-refractivity contribution >= 4 is 63.9 Å². The monoisotopic (exact) mass is 845 g/mol. The van der Waals surface area contributed by atoms with Crippen molar-refractivity contribution in [1.29, 1.82) is 0 Å². The molecule has 0 bridgehead atoms. The Morgan fingerprint density at radius 2 is 1.72 bits per heavy atom. The summed E-state index contributed by atoms with van der Waals surface area (Å²) in [7, 11) is 1.81. The van der Waals surface area contributed by atoms with E-state index in [-0.39, 0.29) is 30.5 Å². The van der Waals surface area contributed by atoms with Crippen molar-refractivity contribution in [3.63, 3.8) is 0 Å². The lowest BCUT2D eigenvalue weighted by atomic mass is 9.79. The maximum absolute atomic E-state index is 13.6. The first-order valence-electron chi connectivity index (χ1n) is 20.9. The number of imidazole rings is 1. The van der Waals surface area contributed by atoms with Gasteiger partial charge in [-0.1, -0.05) is 29.8 Å². The highest BCUT2D eigenvalue weighted by Gasteiger charge is 2.40. The second kappa shape index (κ2) is 15.7. The van der Waals surface area contributed by atoms with Gasteiger partial charge in [0.05, 0.1) is 34.3 Å². The second-order valence-corrected chi connectivity index (χ2v) is 17.0. The molecular formula is C44H45ClFN11O4. The first kappa shape index (κ1) is 39.0. The third kappa shape index (κ3) is 7.41. The first-order chi connectivity index (χ1) is 29.6. The number of halogens is 2. The fourth-order valence-corrected chi connectivity index (χ4v) is 9.49. The van der Waals surface area contributed by atoms with Crippen LogP contribution in [0, 0.1) is 11.8 Å². The molecule has 3 N–H and O–H groups in total. The zero-order valence-electron chi connectivity index (χ0n) is 33.6. The van der Waals surface area contributed by atoms with E-state index in [0.29, 0.717) is 65.6 Å². The van der Waals surface area contributed by atoms with E-state index in [1.807, 2.05) is 23.2 Å². The van der Waals surface area contributed by atoms with E-state index in [2.05, 4.69) is 55.0 Å². The van der Waals surface area contributed by atoms with Crippen molar-refractivity contribution in [2.24, 2.45) is 11.8 Å². The molecule has 314 valence electrons. The number of carbonyl (C=O) groups excluding carboxylic acids is 4. The van der Waals surface area contributed by atoms with Gasteiger partial charge in [-0.25, -0.2) is 18.7 Å². The average Bonchev–Trinajstić information content (AvgIpc) is 3.57. The number of nitrogens with zero attached hydrogens (tertiary/aromatic N) is 8. The summed E-state index contributed by atoms with van der Waals surface area (Å²) < 4.78 is 15.1. The molecule has 4 fully saturated rings. The van der Waals surface area contributed by atoms with Crippen LogP contribution in [0.1, 0.15) is 57.7 Å². The van der Waals surface area contributed by atoms with Gasteiger partial charge in [-0.3, -0.25) is 34.5 Å². The van der Waals surface area contributed by atoms with Gasteiger partial charge in [0, 0.05) is 94.8 Å². The number of anilines is 4. The molecule has 61 heavy (non-hydrogen) atoms. The normalized spacial score (nSPS) is 20.7. The summed E-state index contributed by atoms with van der Waals surface area (Å²) >= 11 is 6.41. The number of hydrogen-bond acceptors (Lipinski definition) is 10. The zero-order chi connectivity index (χ0) is 41.9. The van der Waals surface area contributed by atoms with Crippen LogP contribution in [-0.2, 0) is 17.8 Å². The van der Waals surface area contributed by atoms with E-state index in [4.69, 9.17) is 21.7 Å². The van der Waals surface area contributed by atoms with Crippen molar-refractivity contribution in [2.75, 3.05) is 61.4 Å². The van der Waals surface area contributed by atoms with Crippen molar-refractivity contribution in [2.45, 2.75) is 50.9 Å². The van der Waals surface area contributed by atoms with Gasteiger partial charge in [0.1, 0.15) is 6.17 Å². The summed E-state index contributed by atoms with van der Waals surface area (Å²) in [6.45, 7) is 5.14. The zero-order valence-corrected chi connectivity index (χ0v) is 34.4. The number of hydrogen-bond donors (Lipinski definition) is 3. The molecule has 2 atom stereocenters. The van der Waals surface area contributed by atoms with Crippen molar-refractivity contribution in [3.05, 3.63) is 94.4 Å². The molecule has 0 unspecified atom stereocenters. The summed E-state index contributed by atoms with van der Waals surface area (Å²) in [6, 6.07) is 16.4. The lowest BCUT2D eigenvalue weighted by Crippen LogP contribution is -2.52. The van der Waals surface area contributed by atoms with Gasteiger partial charge >= 0.3 is 6.03 Å². The number of amides is 5. The predicted molar refractivity (Wildman–Crippen MR) is 228 cm³/mol. The average molecular weight is 846 g/mol. The minimum atomic E-state index is -1.01. The number of likely N-dealkylation sites (tertiary alicyclic amines) is 2. The molecule has 5 aliphatic rings. The molecule has 7 heterocycles. The molecule has 3 aromatic heterocycles. The number of rotatable bonds is 10. The molecule has 4 aliphatic heterocycles. The van der Waals surface area contributed by atoms with Crippen LogP contribution in [0.25, 0.3) is 16.9 Å². The highest BCUT2D eigenvalue weighted by molar-refractivity contribution is 6.34. The Morgan fingerprint density at radius 3 is 2.46 bits per heavy atom. The third-order valence-corrected chi connectivity index (χ3v) is 13.1. The standard InChI is InChI=1S/C44H45ClFN11O4/c1-47-35-19-39(52-57-38(21-49-41(35)57)42(59)50-34-18-32(34)46)55-15-11-30-29(3-2-4-36(30)55)33-8-5-25(20-48-33)22-53-23-28(24-53)26-9-13-54(14-10-26)43(60)27-6-7-31(45)37(17-27)56-16-12-40(58)51-44(56)61/h2-8,17,19-21,26,28,32,34,47H,9-16,18,22-24H2,1H3,(H,50,59)(H,51,58,61)/t32-,34+/m0/s1. The number of imide groups is 1. The topological polar surface area (TPSA) is 160 Å². The van der Waals surface area contributed by atoms with Crippen molar-refractivity contribution < 1.29 is 23.6 Å². The molecule has 3 saturated heterocycles. The molecule has 2 aromatic carbocycles. The Morgan fingerprint density at radius 1 is 0.918 bits per heavy atom. The van der Waals surface area contributed by atoms with Gasteiger partial charge in [0.2, 0.25) is 5.91 Å². The van der Waals surface area contributed by atoms with Crippen LogP contribution in [0.3, 0.4) is 0 Å². The largest absolute Gasteiger partial charge is 0.385 e. The highest BCUT2D eigenvalue weighted by Crippen LogP contribution is 2.40. The van der Waals surface area contributed by atoms with Crippen molar-refractivity contribution in [3.8, 4) is 11.3 Å². The summed E-state index contributed by atoms with van der Waals surface area (Å²) in [5, 5.41) is 13.4. The molecule has 10 rings (SSSR count). The van der Waals surface area contributed by atoms with E-state index in [1.165, 1.54) is 21.2 Å². The number of benzene rings is 2. The smallest absolute Gasteiger partial charge is 0.328 e. The van der Waals surface area contributed by atoms with Crippen LogP contribution in [0.5, 0.6) is 0 Å². The van der Waals surface area contributed by atoms with Crippen LogP contribution >= 0.6 is 11.6 Å². The van der Waals surface area contributed by atoms with Gasteiger partial charge in [-0.2, -0.15) is 0 Å².